The van der Waals surface area contributed by atoms with Crippen LogP contribution in [0.4, 0.5) is 4.39 Å². The van der Waals surface area contributed by atoms with Gasteiger partial charge in [0, 0.05) is 16.6 Å². The minimum Gasteiger partial charge on any atom is -0.310 e. The third kappa shape index (κ3) is 3.93. The van der Waals surface area contributed by atoms with Crippen LogP contribution in [-0.4, -0.2) is 6.54 Å². The number of hydrogen-bond acceptors (Lipinski definition) is 1. The summed E-state index contributed by atoms with van der Waals surface area (Å²) < 4.78 is 14.1. The molecular formula is C16H23ClFN. The first-order valence-corrected chi connectivity index (χ1v) is 7.78. The molecule has 0 bridgehead atoms. The van der Waals surface area contributed by atoms with Crippen molar-refractivity contribution in [2.45, 2.75) is 51.5 Å². The molecule has 0 radical (unpaired) electrons. The zero-order chi connectivity index (χ0) is 13.7. The van der Waals surface area contributed by atoms with Crippen molar-refractivity contribution in [1.82, 2.24) is 5.32 Å². The molecule has 1 fully saturated rings. The largest absolute Gasteiger partial charge is 0.310 e. The molecule has 0 heterocycles. The maximum Gasteiger partial charge on any atom is 0.128 e. The van der Waals surface area contributed by atoms with Crippen LogP contribution in [0.15, 0.2) is 18.2 Å². The highest BCUT2D eigenvalue weighted by atomic mass is 35.5. The van der Waals surface area contributed by atoms with Crippen molar-refractivity contribution in [1.29, 1.82) is 0 Å². The first kappa shape index (κ1) is 14.8. The lowest BCUT2D eigenvalue weighted by atomic mass is 9.87. The fourth-order valence-corrected chi connectivity index (χ4v) is 3.33. The highest BCUT2D eigenvalue weighted by Crippen LogP contribution is 2.35. The Kier molecular flexibility index (Phi) is 5.65. The molecule has 1 aromatic rings. The van der Waals surface area contributed by atoms with E-state index in [9.17, 15) is 4.39 Å². The minimum atomic E-state index is -0.139. The highest BCUT2D eigenvalue weighted by Gasteiger charge is 2.25. The van der Waals surface area contributed by atoms with Crippen LogP contribution in [0.3, 0.4) is 0 Å². The summed E-state index contributed by atoms with van der Waals surface area (Å²) in [6.45, 7) is 2.93. The van der Waals surface area contributed by atoms with Gasteiger partial charge in [-0.15, -0.1) is 0 Å². The van der Waals surface area contributed by atoms with E-state index in [1.807, 2.05) is 0 Å². The van der Waals surface area contributed by atoms with E-state index in [2.05, 4.69) is 12.2 Å². The van der Waals surface area contributed by atoms with E-state index in [-0.39, 0.29) is 11.9 Å². The smallest absolute Gasteiger partial charge is 0.128 e. The maximum absolute atomic E-state index is 14.1. The molecule has 0 amide bonds. The fourth-order valence-electron chi connectivity index (χ4n) is 3.15. The molecule has 1 unspecified atom stereocenters. The van der Waals surface area contributed by atoms with Crippen LogP contribution in [0.1, 0.15) is 57.1 Å². The van der Waals surface area contributed by atoms with Gasteiger partial charge < -0.3 is 5.32 Å². The molecule has 1 atom stereocenters. The van der Waals surface area contributed by atoms with Crippen molar-refractivity contribution in [3.05, 3.63) is 34.6 Å². The molecule has 0 aliphatic heterocycles. The quantitative estimate of drug-likeness (QED) is 0.758. The molecular weight excluding hydrogens is 261 g/mol. The van der Waals surface area contributed by atoms with Crippen LogP contribution < -0.4 is 5.32 Å². The number of nitrogens with one attached hydrogen (secondary N) is 1. The predicted molar refractivity (Wildman–Crippen MR) is 79.0 cm³/mol. The van der Waals surface area contributed by atoms with Gasteiger partial charge in [-0.1, -0.05) is 44.2 Å². The van der Waals surface area contributed by atoms with Gasteiger partial charge in [-0.25, -0.2) is 4.39 Å². The summed E-state index contributed by atoms with van der Waals surface area (Å²) in [5, 5.41) is 4.08. The van der Waals surface area contributed by atoms with Crippen molar-refractivity contribution in [3.8, 4) is 0 Å². The van der Waals surface area contributed by atoms with Gasteiger partial charge in [0.05, 0.1) is 0 Å². The molecule has 0 aromatic heterocycles. The Hall–Kier alpha value is -0.600. The highest BCUT2D eigenvalue weighted by molar-refractivity contribution is 6.30. The van der Waals surface area contributed by atoms with E-state index in [0.29, 0.717) is 10.9 Å². The molecule has 0 spiro atoms. The van der Waals surface area contributed by atoms with Gasteiger partial charge in [0.1, 0.15) is 5.82 Å². The summed E-state index contributed by atoms with van der Waals surface area (Å²) in [6.07, 6.45) is 7.51. The lowest BCUT2D eigenvalue weighted by Gasteiger charge is -2.28. The molecule has 106 valence electrons. The standard InChI is InChI=1S/C16H23ClFN/c1-2-19-16(12-7-5-3-4-6-8-12)14-11-13(17)9-10-15(14)18/h9-12,16,19H,2-8H2,1H3. The van der Waals surface area contributed by atoms with Gasteiger partial charge in [-0.05, 0) is 43.5 Å². The number of benzene rings is 1. The molecule has 1 aliphatic rings. The Balaban J connectivity index is 2.24. The predicted octanol–water partition coefficient (Wildman–Crippen LogP) is 5.10. The second-order valence-electron chi connectivity index (χ2n) is 5.45. The molecule has 1 N–H and O–H groups in total. The monoisotopic (exact) mass is 283 g/mol. The van der Waals surface area contributed by atoms with Crippen LogP contribution in [0, 0.1) is 11.7 Å². The number of halogens is 2. The molecule has 1 saturated carbocycles. The van der Waals surface area contributed by atoms with Crippen molar-refractivity contribution in [3.63, 3.8) is 0 Å². The summed E-state index contributed by atoms with van der Waals surface area (Å²) in [5.74, 6) is 0.384. The zero-order valence-corrected chi connectivity index (χ0v) is 12.3. The van der Waals surface area contributed by atoms with Crippen LogP contribution in [0.25, 0.3) is 0 Å². The van der Waals surface area contributed by atoms with Crippen molar-refractivity contribution < 1.29 is 4.39 Å². The Labute approximate surface area is 120 Å². The molecule has 1 nitrogen and oxygen atoms in total. The first-order chi connectivity index (χ1) is 9.22. The van der Waals surface area contributed by atoms with Crippen molar-refractivity contribution in [2.24, 2.45) is 5.92 Å². The number of hydrogen-bond donors (Lipinski definition) is 1. The van der Waals surface area contributed by atoms with E-state index in [1.165, 1.54) is 44.6 Å². The average molecular weight is 284 g/mol. The zero-order valence-electron chi connectivity index (χ0n) is 11.6. The maximum atomic E-state index is 14.1. The summed E-state index contributed by atoms with van der Waals surface area (Å²) in [6, 6.07) is 4.99. The lowest BCUT2D eigenvalue weighted by molar-refractivity contribution is 0.322. The van der Waals surface area contributed by atoms with Gasteiger partial charge in [-0.3, -0.25) is 0 Å². The third-order valence-electron chi connectivity index (χ3n) is 4.09. The molecule has 19 heavy (non-hydrogen) atoms. The molecule has 2 rings (SSSR count). The lowest BCUT2D eigenvalue weighted by Crippen LogP contribution is -2.29. The molecule has 1 aliphatic carbocycles. The minimum absolute atomic E-state index is 0.0989. The summed E-state index contributed by atoms with van der Waals surface area (Å²) in [7, 11) is 0. The Bertz CT molecular complexity index is 400. The fraction of sp³-hybridized carbons (Fsp3) is 0.625. The van der Waals surface area contributed by atoms with E-state index in [0.717, 1.165) is 12.1 Å². The second kappa shape index (κ2) is 7.25. The summed E-state index contributed by atoms with van der Waals surface area (Å²) in [4.78, 5) is 0. The summed E-state index contributed by atoms with van der Waals surface area (Å²) in [5.41, 5.74) is 0.737. The van der Waals surface area contributed by atoms with Crippen LogP contribution >= 0.6 is 11.6 Å². The molecule has 1 aromatic carbocycles. The van der Waals surface area contributed by atoms with E-state index >= 15 is 0 Å². The van der Waals surface area contributed by atoms with E-state index < -0.39 is 0 Å². The summed E-state index contributed by atoms with van der Waals surface area (Å²) >= 11 is 6.04. The van der Waals surface area contributed by atoms with Crippen LogP contribution in [0.2, 0.25) is 5.02 Å². The van der Waals surface area contributed by atoms with Gasteiger partial charge in [0.25, 0.3) is 0 Å². The average Bonchev–Trinajstić information content (AvgIpc) is 2.68. The topological polar surface area (TPSA) is 12.0 Å². The first-order valence-electron chi connectivity index (χ1n) is 7.40. The third-order valence-corrected chi connectivity index (χ3v) is 4.32. The van der Waals surface area contributed by atoms with Crippen molar-refractivity contribution >= 4 is 11.6 Å². The second-order valence-corrected chi connectivity index (χ2v) is 5.89. The van der Waals surface area contributed by atoms with E-state index in [4.69, 9.17) is 11.6 Å². The Morgan fingerprint density at radius 2 is 1.95 bits per heavy atom. The van der Waals surface area contributed by atoms with E-state index in [1.54, 1.807) is 12.1 Å². The van der Waals surface area contributed by atoms with Gasteiger partial charge >= 0.3 is 0 Å². The van der Waals surface area contributed by atoms with Crippen LogP contribution in [-0.2, 0) is 0 Å². The molecule has 3 heteroatoms. The van der Waals surface area contributed by atoms with Gasteiger partial charge in [0.15, 0.2) is 0 Å². The Morgan fingerprint density at radius 3 is 2.58 bits per heavy atom. The normalized spacial score (nSPS) is 19.1. The van der Waals surface area contributed by atoms with Gasteiger partial charge in [-0.2, -0.15) is 0 Å². The number of rotatable bonds is 4. The Morgan fingerprint density at radius 1 is 1.26 bits per heavy atom. The molecule has 0 saturated heterocycles. The van der Waals surface area contributed by atoms with Gasteiger partial charge in [0.2, 0.25) is 0 Å². The van der Waals surface area contributed by atoms with Crippen molar-refractivity contribution in [2.75, 3.05) is 6.54 Å². The SMILES string of the molecule is CCNC(c1cc(Cl)ccc1F)C1CCCCCC1. The van der Waals surface area contributed by atoms with Crippen LogP contribution in [0.5, 0.6) is 0 Å².